The Morgan fingerprint density at radius 1 is 0.978 bits per heavy atom. The Hall–Kier alpha value is -5.09. The van der Waals surface area contributed by atoms with Gasteiger partial charge in [-0.15, -0.1) is 21.5 Å². The Kier molecular flexibility index (Phi) is 11.6. The zero-order chi connectivity index (χ0) is 33.2. The second-order valence-electron chi connectivity index (χ2n) is 9.50. The highest BCUT2D eigenvalue weighted by atomic mass is 32.2. The van der Waals surface area contributed by atoms with E-state index in [0.29, 0.717) is 23.1 Å². The van der Waals surface area contributed by atoms with E-state index in [-0.39, 0.29) is 52.2 Å². The number of anilines is 1. The number of aromatic nitrogens is 3. The summed E-state index contributed by atoms with van der Waals surface area (Å²) in [6, 6.07) is 14.7. The molecular weight excluding hydrogens is 636 g/mol. The van der Waals surface area contributed by atoms with Crippen LogP contribution >= 0.6 is 23.1 Å². The van der Waals surface area contributed by atoms with E-state index >= 15 is 0 Å². The first-order valence-corrected chi connectivity index (χ1v) is 15.8. The van der Waals surface area contributed by atoms with Gasteiger partial charge in [0.05, 0.1) is 42.5 Å². The largest absolute Gasteiger partial charge is 0.462 e. The highest BCUT2D eigenvalue weighted by Gasteiger charge is 2.27. The summed E-state index contributed by atoms with van der Waals surface area (Å²) in [6.45, 7) is 5.52. The molecule has 0 bridgehead atoms. The lowest BCUT2D eigenvalue weighted by atomic mass is 10.1. The maximum absolute atomic E-state index is 13.1. The van der Waals surface area contributed by atoms with Crippen LogP contribution in [0, 0.1) is 17.0 Å². The molecule has 0 saturated heterocycles. The number of thiophene rings is 1. The number of non-ortho nitro benzene ring substituents is 1. The summed E-state index contributed by atoms with van der Waals surface area (Å²) in [6.07, 6.45) is 0. The van der Waals surface area contributed by atoms with Crippen LogP contribution in [-0.2, 0) is 27.4 Å². The molecule has 2 heterocycles. The van der Waals surface area contributed by atoms with Crippen LogP contribution in [0.15, 0.2) is 59.8 Å². The smallest absolute Gasteiger partial charge is 0.348 e. The molecule has 0 aliphatic heterocycles. The minimum absolute atomic E-state index is 0.00355. The molecule has 0 aliphatic carbocycles. The van der Waals surface area contributed by atoms with E-state index in [1.165, 1.54) is 24.3 Å². The molecule has 0 radical (unpaired) electrons. The molecule has 2 amide bonds. The van der Waals surface area contributed by atoms with Crippen LogP contribution < -0.4 is 10.6 Å². The van der Waals surface area contributed by atoms with Gasteiger partial charge in [0.1, 0.15) is 9.88 Å². The van der Waals surface area contributed by atoms with Crippen LogP contribution in [0.1, 0.15) is 61.2 Å². The highest BCUT2D eigenvalue weighted by Crippen LogP contribution is 2.34. The van der Waals surface area contributed by atoms with Gasteiger partial charge in [-0.05, 0) is 44.0 Å². The number of rotatable bonds is 14. The number of nitrogens with one attached hydrogen (secondary N) is 2. The van der Waals surface area contributed by atoms with E-state index in [1.54, 1.807) is 25.3 Å². The summed E-state index contributed by atoms with van der Waals surface area (Å²) in [4.78, 5) is 61.6. The second kappa shape index (κ2) is 15.8. The third kappa shape index (κ3) is 8.33. The van der Waals surface area contributed by atoms with Gasteiger partial charge in [0.2, 0.25) is 5.91 Å². The van der Waals surface area contributed by atoms with Crippen LogP contribution in [0.3, 0.4) is 0 Å². The van der Waals surface area contributed by atoms with E-state index in [4.69, 9.17) is 9.47 Å². The van der Waals surface area contributed by atoms with E-state index in [9.17, 15) is 29.3 Å². The lowest BCUT2D eigenvalue weighted by Gasteiger charge is -2.11. The fourth-order valence-corrected chi connectivity index (χ4v) is 6.07. The Labute approximate surface area is 271 Å². The van der Waals surface area contributed by atoms with Gasteiger partial charge in [-0.2, -0.15) is 0 Å². The molecule has 0 saturated carbocycles. The first-order chi connectivity index (χ1) is 22.1. The maximum Gasteiger partial charge on any atom is 0.348 e. The Morgan fingerprint density at radius 3 is 2.30 bits per heavy atom. The SMILES string of the molecule is CCOC(=O)c1sc(NC(=O)CSc2nnc(CNC(=O)c3ccc([N+](=O)[O-])cc3)n2Cc2ccccc2)c(C(=O)OCC)c1C. The number of hydrogen-bond acceptors (Lipinski definition) is 12. The second-order valence-corrected chi connectivity index (χ2v) is 11.5. The summed E-state index contributed by atoms with van der Waals surface area (Å²) in [7, 11) is 0. The molecule has 0 unspecified atom stereocenters. The number of esters is 2. The van der Waals surface area contributed by atoms with Gasteiger partial charge in [0.15, 0.2) is 11.0 Å². The number of thioether (sulfide) groups is 1. The van der Waals surface area contributed by atoms with E-state index in [0.717, 1.165) is 28.7 Å². The summed E-state index contributed by atoms with van der Waals surface area (Å²) in [5.74, 6) is -1.89. The van der Waals surface area contributed by atoms with Crippen molar-refractivity contribution in [3.8, 4) is 0 Å². The Balaban J connectivity index is 1.50. The number of ether oxygens (including phenoxy) is 2. The van der Waals surface area contributed by atoms with Gasteiger partial charge in [-0.1, -0.05) is 42.1 Å². The quantitative estimate of drug-likeness (QED) is 0.0828. The number of hydrogen-bond donors (Lipinski definition) is 2. The molecule has 0 atom stereocenters. The predicted molar refractivity (Wildman–Crippen MR) is 170 cm³/mol. The average molecular weight is 667 g/mol. The number of amides is 2. The molecule has 2 N–H and O–H groups in total. The molecule has 2 aromatic carbocycles. The van der Waals surface area contributed by atoms with E-state index in [2.05, 4.69) is 20.8 Å². The van der Waals surface area contributed by atoms with Gasteiger partial charge in [0.25, 0.3) is 11.6 Å². The van der Waals surface area contributed by atoms with Crippen molar-refractivity contribution in [2.24, 2.45) is 0 Å². The number of nitro groups is 1. The van der Waals surface area contributed by atoms with Crippen LogP contribution in [0.2, 0.25) is 0 Å². The minimum Gasteiger partial charge on any atom is -0.462 e. The molecule has 2 aromatic heterocycles. The first-order valence-electron chi connectivity index (χ1n) is 14.0. The number of carbonyl (C=O) groups excluding carboxylic acids is 4. The van der Waals surface area contributed by atoms with Gasteiger partial charge >= 0.3 is 11.9 Å². The number of benzene rings is 2. The van der Waals surface area contributed by atoms with Crippen molar-refractivity contribution in [2.45, 2.75) is 39.0 Å². The van der Waals surface area contributed by atoms with Crippen molar-refractivity contribution in [1.82, 2.24) is 20.1 Å². The molecule has 4 rings (SSSR count). The molecule has 0 aliphatic rings. The van der Waals surface area contributed by atoms with Crippen molar-refractivity contribution in [3.63, 3.8) is 0 Å². The van der Waals surface area contributed by atoms with Gasteiger partial charge < -0.3 is 24.7 Å². The van der Waals surface area contributed by atoms with Gasteiger partial charge in [-0.25, -0.2) is 9.59 Å². The molecule has 0 spiro atoms. The standard InChI is InChI=1S/C30H30N6O8S2/c1-4-43-28(39)24-18(3)25(29(40)44-5-2)46-27(24)32-23(37)17-45-30-34-33-22(35(30)16-19-9-7-6-8-10-19)15-31-26(38)20-11-13-21(14-12-20)36(41)42/h6-14H,4-5,15-17H2,1-3H3,(H,31,38)(H,32,37). The van der Waals surface area contributed by atoms with Crippen molar-refractivity contribution in [3.05, 3.63) is 97.7 Å². The molecule has 16 heteroatoms. The number of nitrogens with zero attached hydrogens (tertiary/aromatic N) is 4. The van der Waals surface area contributed by atoms with Crippen LogP contribution in [0.5, 0.6) is 0 Å². The summed E-state index contributed by atoms with van der Waals surface area (Å²) >= 11 is 2.03. The first kappa shape index (κ1) is 33.8. The zero-order valence-corrected chi connectivity index (χ0v) is 26.7. The van der Waals surface area contributed by atoms with Gasteiger partial charge in [0, 0.05) is 17.7 Å². The summed E-state index contributed by atoms with van der Waals surface area (Å²) in [5, 5.41) is 25.4. The van der Waals surface area contributed by atoms with Crippen molar-refractivity contribution < 1.29 is 33.6 Å². The molecular formula is C30H30N6O8S2. The predicted octanol–water partition coefficient (Wildman–Crippen LogP) is 4.62. The maximum atomic E-state index is 13.1. The third-order valence-corrected chi connectivity index (χ3v) is 8.55. The number of carbonyl (C=O) groups is 4. The Bertz CT molecular complexity index is 1740. The van der Waals surface area contributed by atoms with Crippen molar-refractivity contribution in [2.75, 3.05) is 24.3 Å². The van der Waals surface area contributed by atoms with Gasteiger partial charge in [-0.3, -0.25) is 19.7 Å². The van der Waals surface area contributed by atoms with Crippen molar-refractivity contribution in [1.29, 1.82) is 0 Å². The summed E-state index contributed by atoms with van der Waals surface area (Å²) < 4.78 is 12.0. The van der Waals surface area contributed by atoms with Crippen LogP contribution in [0.4, 0.5) is 10.7 Å². The lowest BCUT2D eigenvalue weighted by molar-refractivity contribution is -0.384. The molecule has 0 fully saturated rings. The molecule has 14 nitrogen and oxygen atoms in total. The third-order valence-electron chi connectivity index (χ3n) is 6.40. The normalized spacial score (nSPS) is 10.7. The van der Waals surface area contributed by atoms with E-state index in [1.807, 2.05) is 30.3 Å². The van der Waals surface area contributed by atoms with Crippen LogP contribution in [-0.4, -0.2) is 62.4 Å². The molecule has 46 heavy (non-hydrogen) atoms. The topological polar surface area (TPSA) is 185 Å². The van der Waals surface area contributed by atoms with E-state index < -0.39 is 28.7 Å². The average Bonchev–Trinajstić information content (AvgIpc) is 3.58. The summed E-state index contributed by atoms with van der Waals surface area (Å²) in [5.41, 5.74) is 1.48. The number of nitro benzene ring substituents is 1. The molecule has 240 valence electrons. The lowest BCUT2D eigenvalue weighted by Crippen LogP contribution is -2.25. The zero-order valence-electron chi connectivity index (χ0n) is 25.1. The fraction of sp³-hybridized carbons (Fsp3) is 0.267. The minimum atomic E-state index is -0.669. The highest BCUT2D eigenvalue weighted by molar-refractivity contribution is 7.99. The monoisotopic (exact) mass is 666 g/mol. The van der Waals surface area contributed by atoms with Crippen molar-refractivity contribution >= 4 is 57.5 Å². The Morgan fingerprint density at radius 2 is 1.65 bits per heavy atom. The van der Waals surface area contributed by atoms with Crippen LogP contribution in [0.25, 0.3) is 0 Å². The molecule has 4 aromatic rings. The fourth-order valence-electron chi connectivity index (χ4n) is 4.21.